The van der Waals surface area contributed by atoms with Crippen LogP contribution < -0.4 is 15.4 Å². The summed E-state index contributed by atoms with van der Waals surface area (Å²) in [7, 11) is 0. The molecule has 0 aliphatic carbocycles. The molecule has 0 spiro atoms. The van der Waals surface area contributed by atoms with Crippen molar-refractivity contribution >= 4 is 11.7 Å². The van der Waals surface area contributed by atoms with Gasteiger partial charge in [0.1, 0.15) is 11.6 Å². The number of aromatic nitrogens is 2. The van der Waals surface area contributed by atoms with Crippen LogP contribution in [0.4, 0.5) is 5.82 Å². The first-order chi connectivity index (χ1) is 17.2. The highest BCUT2D eigenvalue weighted by atomic mass is 16.5. The highest BCUT2D eigenvalue weighted by molar-refractivity contribution is 5.94. The van der Waals surface area contributed by atoms with Crippen molar-refractivity contribution in [1.82, 2.24) is 15.3 Å². The number of hydrogen-bond acceptors (Lipinski definition) is 6. The second kappa shape index (κ2) is 10.4. The molecule has 7 nitrogen and oxygen atoms in total. The van der Waals surface area contributed by atoms with Crippen molar-refractivity contribution in [2.45, 2.75) is 19.0 Å². The summed E-state index contributed by atoms with van der Waals surface area (Å²) in [5.41, 5.74) is 5.38. The zero-order chi connectivity index (χ0) is 24.0. The summed E-state index contributed by atoms with van der Waals surface area (Å²) in [4.78, 5) is 21.6. The van der Waals surface area contributed by atoms with Crippen molar-refractivity contribution in [2.24, 2.45) is 0 Å². The summed E-state index contributed by atoms with van der Waals surface area (Å²) in [6, 6.07) is 20.3. The third-order valence-electron chi connectivity index (χ3n) is 6.06. The molecule has 35 heavy (non-hydrogen) atoms. The zero-order valence-electron chi connectivity index (χ0n) is 19.1. The van der Waals surface area contributed by atoms with E-state index >= 15 is 0 Å². The molecule has 1 atom stereocenters. The van der Waals surface area contributed by atoms with E-state index in [0.29, 0.717) is 18.7 Å². The lowest BCUT2D eigenvalue weighted by Crippen LogP contribution is -2.30. The molecule has 0 fully saturated rings. The predicted octanol–water partition coefficient (Wildman–Crippen LogP) is 4.15. The second-order valence-corrected chi connectivity index (χ2v) is 8.34. The molecule has 176 valence electrons. The quantitative estimate of drug-likeness (QED) is 0.361. The van der Waals surface area contributed by atoms with Crippen LogP contribution in [0.2, 0.25) is 0 Å². The number of benzene rings is 2. The number of carbonyl (C=O) groups excluding carboxylic acids is 1. The van der Waals surface area contributed by atoms with Crippen LogP contribution >= 0.6 is 0 Å². The van der Waals surface area contributed by atoms with Crippen molar-refractivity contribution in [1.29, 1.82) is 0 Å². The van der Waals surface area contributed by atoms with E-state index in [1.54, 1.807) is 18.5 Å². The average molecular weight is 467 g/mol. The maximum Gasteiger partial charge on any atom is 0.251 e. The van der Waals surface area contributed by atoms with E-state index in [4.69, 9.17) is 4.74 Å². The zero-order valence-corrected chi connectivity index (χ0v) is 19.1. The van der Waals surface area contributed by atoms with Crippen LogP contribution in [0.25, 0.3) is 11.1 Å². The Kier molecular flexibility index (Phi) is 6.68. The van der Waals surface area contributed by atoms with Gasteiger partial charge < -0.3 is 20.5 Å². The summed E-state index contributed by atoms with van der Waals surface area (Å²) in [6.45, 7) is 0.958. The van der Waals surface area contributed by atoms with Gasteiger partial charge >= 0.3 is 0 Å². The number of hydrogen-bond donors (Lipinski definition) is 3. The number of nitrogens with one attached hydrogen (secondary N) is 2. The molecule has 0 saturated heterocycles. The molecule has 1 amide bonds. The number of rotatable bonds is 8. The molecule has 4 aromatic rings. The van der Waals surface area contributed by atoms with Gasteiger partial charge in [-0.2, -0.15) is 0 Å². The fraction of sp³-hybridized carbons (Fsp3) is 0.179. The van der Waals surface area contributed by atoms with Gasteiger partial charge in [-0.05, 0) is 41.0 Å². The normalized spacial score (nSPS) is 12.9. The summed E-state index contributed by atoms with van der Waals surface area (Å²) < 4.78 is 5.94. The lowest BCUT2D eigenvalue weighted by Gasteiger charge is -2.17. The van der Waals surface area contributed by atoms with Gasteiger partial charge in [-0.15, -0.1) is 0 Å². The number of pyridine rings is 2. The van der Waals surface area contributed by atoms with E-state index in [0.717, 1.165) is 45.8 Å². The van der Waals surface area contributed by atoms with Gasteiger partial charge in [-0.1, -0.05) is 42.5 Å². The van der Waals surface area contributed by atoms with Gasteiger partial charge in [0.2, 0.25) is 0 Å². The first-order valence-electron chi connectivity index (χ1n) is 11.6. The molecule has 3 N–H and O–H groups in total. The number of ether oxygens (including phenoxy) is 1. The summed E-state index contributed by atoms with van der Waals surface area (Å²) in [5.74, 6) is 1.41. The van der Waals surface area contributed by atoms with Gasteiger partial charge in [0.05, 0.1) is 19.3 Å². The maximum atomic E-state index is 12.9. The first kappa shape index (κ1) is 22.6. The van der Waals surface area contributed by atoms with Crippen LogP contribution in [0.15, 0.2) is 85.3 Å². The molecular formula is C28H26N4O3. The van der Waals surface area contributed by atoms with Crippen LogP contribution in [-0.2, 0) is 13.0 Å². The molecule has 3 heterocycles. The Hall–Kier alpha value is -4.23. The number of anilines is 1. The Morgan fingerprint density at radius 3 is 2.69 bits per heavy atom. The van der Waals surface area contributed by atoms with E-state index in [-0.39, 0.29) is 12.5 Å². The fourth-order valence-electron chi connectivity index (χ4n) is 4.25. The van der Waals surface area contributed by atoms with Crippen LogP contribution in [0, 0.1) is 0 Å². The molecule has 0 saturated carbocycles. The van der Waals surface area contributed by atoms with E-state index in [9.17, 15) is 9.90 Å². The third kappa shape index (κ3) is 5.00. The van der Waals surface area contributed by atoms with E-state index < -0.39 is 6.04 Å². The van der Waals surface area contributed by atoms with Gasteiger partial charge in [0.15, 0.2) is 0 Å². The van der Waals surface area contributed by atoms with E-state index in [1.807, 2.05) is 66.9 Å². The molecule has 5 rings (SSSR count). The van der Waals surface area contributed by atoms with Crippen molar-refractivity contribution < 1.29 is 14.6 Å². The largest absolute Gasteiger partial charge is 0.492 e. The Morgan fingerprint density at radius 2 is 1.89 bits per heavy atom. The lowest BCUT2D eigenvalue weighted by molar-refractivity contribution is 0.0916. The van der Waals surface area contributed by atoms with Crippen molar-refractivity contribution in [3.8, 4) is 16.9 Å². The van der Waals surface area contributed by atoms with Gasteiger partial charge in [-0.3, -0.25) is 9.78 Å². The SMILES string of the molecule is O=C(N[C@H](CO)c1ccccc1)c1cccc(CNc2ncc(-c3ccncc3)c3c2CCO3)c1. The van der Waals surface area contributed by atoms with Crippen molar-refractivity contribution in [3.63, 3.8) is 0 Å². The first-order valence-corrected chi connectivity index (χ1v) is 11.6. The van der Waals surface area contributed by atoms with Gasteiger partial charge in [0, 0.05) is 48.2 Å². The third-order valence-corrected chi connectivity index (χ3v) is 6.06. The standard InChI is InChI=1S/C28H26N4O3/c33-18-25(21-6-2-1-3-7-21)32-28(34)22-8-4-5-19(15-22)16-30-27-23-11-14-35-26(23)24(17-31-27)20-9-12-29-13-10-20/h1-10,12-13,15,17,25,33H,11,14,16,18H2,(H,30,31)(H,32,34)/t25-/m1/s1. The maximum absolute atomic E-state index is 12.9. The van der Waals surface area contributed by atoms with Crippen LogP contribution in [-0.4, -0.2) is 34.2 Å². The molecular weight excluding hydrogens is 440 g/mol. The van der Waals surface area contributed by atoms with Crippen molar-refractivity contribution in [3.05, 3.63) is 108 Å². The second-order valence-electron chi connectivity index (χ2n) is 8.34. The minimum Gasteiger partial charge on any atom is -0.492 e. The average Bonchev–Trinajstić information content (AvgIpc) is 3.42. The van der Waals surface area contributed by atoms with Crippen LogP contribution in [0.1, 0.15) is 33.1 Å². The number of aliphatic hydroxyl groups is 1. The fourth-order valence-corrected chi connectivity index (χ4v) is 4.25. The molecule has 0 bridgehead atoms. The summed E-state index contributed by atoms with van der Waals surface area (Å²) in [5, 5.41) is 16.1. The molecule has 7 heteroatoms. The Morgan fingerprint density at radius 1 is 1.06 bits per heavy atom. The lowest BCUT2D eigenvalue weighted by atomic mass is 10.0. The van der Waals surface area contributed by atoms with E-state index in [2.05, 4.69) is 20.6 Å². The number of carbonyl (C=O) groups is 1. The van der Waals surface area contributed by atoms with Crippen LogP contribution in [0.3, 0.4) is 0 Å². The topological polar surface area (TPSA) is 96.4 Å². The molecule has 2 aromatic heterocycles. The van der Waals surface area contributed by atoms with E-state index in [1.165, 1.54) is 0 Å². The van der Waals surface area contributed by atoms with Crippen molar-refractivity contribution in [2.75, 3.05) is 18.5 Å². The molecule has 0 radical (unpaired) electrons. The number of fused-ring (bicyclic) bond motifs is 1. The molecule has 1 aliphatic rings. The van der Waals surface area contributed by atoms with Crippen LogP contribution in [0.5, 0.6) is 5.75 Å². The smallest absolute Gasteiger partial charge is 0.251 e. The monoisotopic (exact) mass is 466 g/mol. The minimum absolute atomic E-state index is 0.175. The minimum atomic E-state index is -0.462. The molecule has 0 unspecified atom stereocenters. The predicted molar refractivity (Wildman–Crippen MR) is 134 cm³/mol. The molecule has 2 aromatic carbocycles. The Labute approximate surface area is 203 Å². The van der Waals surface area contributed by atoms with Gasteiger partial charge in [-0.25, -0.2) is 4.98 Å². The highest BCUT2D eigenvalue weighted by Crippen LogP contribution is 2.39. The number of nitrogens with zero attached hydrogens (tertiary/aromatic N) is 2. The molecule has 1 aliphatic heterocycles. The highest BCUT2D eigenvalue weighted by Gasteiger charge is 2.22. The number of aliphatic hydroxyl groups excluding tert-OH is 1. The summed E-state index contributed by atoms with van der Waals surface area (Å²) >= 11 is 0. The Balaban J connectivity index is 1.29. The summed E-state index contributed by atoms with van der Waals surface area (Å²) in [6.07, 6.45) is 6.13. The van der Waals surface area contributed by atoms with Gasteiger partial charge in [0.25, 0.3) is 5.91 Å². The Bertz CT molecular complexity index is 1310. The number of amides is 1.